The van der Waals surface area contributed by atoms with Gasteiger partial charge in [-0.2, -0.15) is 8.78 Å². The number of para-hydroxylation sites is 1. The van der Waals surface area contributed by atoms with E-state index in [0.29, 0.717) is 10.8 Å². The highest BCUT2D eigenvalue weighted by Crippen LogP contribution is 2.33. The minimum Gasteiger partial charge on any atom is -0.493 e. The molecule has 26 heavy (non-hydrogen) atoms. The number of methoxy groups -OCH3 is 1. The molecule has 0 aliphatic carbocycles. The quantitative estimate of drug-likeness (QED) is 0.686. The molecule has 8 heteroatoms. The van der Waals surface area contributed by atoms with Crippen molar-refractivity contribution >= 4 is 17.5 Å². The highest BCUT2D eigenvalue weighted by molar-refractivity contribution is 6.30. The summed E-state index contributed by atoms with van der Waals surface area (Å²) in [6.45, 7) is -2.64. The maximum absolute atomic E-state index is 12.7. The molecule has 0 saturated carbocycles. The van der Waals surface area contributed by atoms with Gasteiger partial charge in [-0.25, -0.2) is 0 Å². The number of alkyl halides is 2. The molecule has 0 aromatic heterocycles. The summed E-state index contributed by atoms with van der Waals surface area (Å²) in [6, 6.07) is 11.2. The molecule has 2 aromatic rings. The number of hydrogen-bond acceptors (Lipinski definition) is 4. The molecule has 0 aliphatic rings. The molecule has 0 fully saturated rings. The molecule has 0 N–H and O–H groups in total. The van der Waals surface area contributed by atoms with Crippen LogP contribution in [0.5, 0.6) is 17.2 Å². The second-order valence-corrected chi connectivity index (χ2v) is 5.68. The second-order valence-electron chi connectivity index (χ2n) is 5.25. The Bertz CT molecular complexity index is 758. The van der Waals surface area contributed by atoms with Crippen molar-refractivity contribution in [3.8, 4) is 17.2 Å². The molecule has 0 aliphatic heterocycles. The first-order chi connectivity index (χ1) is 12.4. The molecular formula is C18H18ClF2NO4. The molecule has 2 aromatic carbocycles. The molecule has 0 radical (unpaired) electrons. The number of benzene rings is 2. The number of likely N-dealkylation sites (N-methyl/N-ethyl adjacent to an activating group) is 1. The first-order valence-electron chi connectivity index (χ1n) is 7.68. The van der Waals surface area contributed by atoms with E-state index in [2.05, 4.69) is 4.74 Å². The molecule has 0 bridgehead atoms. The fraction of sp³-hybridized carbons (Fsp3) is 0.278. The molecule has 0 unspecified atom stereocenters. The van der Waals surface area contributed by atoms with Crippen molar-refractivity contribution in [3.63, 3.8) is 0 Å². The minimum atomic E-state index is -3.07. The molecule has 1 amide bonds. The number of halogens is 3. The average molecular weight is 386 g/mol. The summed E-state index contributed by atoms with van der Waals surface area (Å²) in [5, 5.41) is 0.539. The molecule has 0 heterocycles. The third kappa shape index (κ3) is 5.23. The van der Waals surface area contributed by atoms with Gasteiger partial charge in [0.1, 0.15) is 12.4 Å². The molecular weight excluding hydrogens is 368 g/mol. The van der Waals surface area contributed by atoms with Gasteiger partial charge in [0.2, 0.25) is 0 Å². The van der Waals surface area contributed by atoms with Crippen LogP contribution in [0.2, 0.25) is 5.02 Å². The van der Waals surface area contributed by atoms with Gasteiger partial charge in [0.05, 0.1) is 19.2 Å². The first-order valence-corrected chi connectivity index (χ1v) is 8.05. The van der Waals surface area contributed by atoms with Crippen molar-refractivity contribution in [1.82, 2.24) is 4.90 Å². The normalized spacial score (nSPS) is 10.5. The van der Waals surface area contributed by atoms with Gasteiger partial charge >= 0.3 is 6.61 Å². The Kier molecular flexibility index (Phi) is 7.03. The number of hydrogen-bond donors (Lipinski definition) is 0. The zero-order valence-corrected chi connectivity index (χ0v) is 15.0. The number of rotatable bonds is 8. The van der Waals surface area contributed by atoms with E-state index in [1.165, 1.54) is 37.3 Å². The summed E-state index contributed by atoms with van der Waals surface area (Å²) < 4.78 is 40.3. The largest absolute Gasteiger partial charge is 0.493 e. The lowest BCUT2D eigenvalue weighted by Crippen LogP contribution is -2.31. The van der Waals surface area contributed by atoms with Gasteiger partial charge in [-0.1, -0.05) is 23.7 Å². The van der Waals surface area contributed by atoms with E-state index >= 15 is 0 Å². The van der Waals surface area contributed by atoms with Crippen LogP contribution >= 0.6 is 11.6 Å². The Morgan fingerprint density at radius 3 is 2.62 bits per heavy atom. The van der Waals surface area contributed by atoms with Gasteiger partial charge in [0, 0.05) is 12.1 Å². The first kappa shape index (κ1) is 19.8. The van der Waals surface area contributed by atoms with Crippen molar-refractivity contribution in [2.24, 2.45) is 0 Å². The van der Waals surface area contributed by atoms with Crippen molar-refractivity contribution in [3.05, 3.63) is 53.1 Å². The Morgan fingerprint density at radius 1 is 1.23 bits per heavy atom. The van der Waals surface area contributed by atoms with Gasteiger partial charge in [-0.05, 0) is 30.3 Å². The van der Waals surface area contributed by atoms with Crippen molar-refractivity contribution in [2.45, 2.75) is 6.61 Å². The molecule has 2 rings (SSSR count). The van der Waals surface area contributed by atoms with Crippen LogP contribution in [-0.2, 0) is 0 Å². The Labute approximate surface area is 155 Å². The number of ether oxygens (including phenoxy) is 3. The minimum absolute atomic E-state index is 0.0186. The third-order valence-corrected chi connectivity index (χ3v) is 3.71. The van der Waals surface area contributed by atoms with E-state index in [-0.39, 0.29) is 30.2 Å². The average Bonchev–Trinajstić information content (AvgIpc) is 2.60. The topological polar surface area (TPSA) is 48.0 Å². The monoisotopic (exact) mass is 385 g/mol. The maximum atomic E-state index is 12.7. The van der Waals surface area contributed by atoms with E-state index in [1.54, 1.807) is 24.3 Å². The van der Waals surface area contributed by atoms with Gasteiger partial charge in [-0.3, -0.25) is 4.79 Å². The molecule has 0 atom stereocenters. The number of nitrogens with zero attached hydrogens (tertiary/aromatic N) is 1. The summed E-state index contributed by atoms with van der Waals surface area (Å²) in [5.74, 6) is -0.159. The molecule has 0 saturated heterocycles. The standard InChI is InChI=1S/C18H18ClF2NO4/c1-22(9-10-25-13-6-3-5-12(19)11-13)17(23)14-7-4-8-15(24-2)16(14)26-18(20)21/h3-8,11,18H,9-10H2,1-2H3. The SMILES string of the molecule is COc1cccc(C(=O)N(C)CCOc2cccc(Cl)c2)c1OC(F)F. The van der Waals surface area contributed by atoms with Crippen LogP contribution in [-0.4, -0.2) is 44.7 Å². The van der Waals surface area contributed by atoms with Crippen LogP contribution in [0, 0.1) is 0 Å². The Hall–Kier alpha value is -2.54. The van der Waals surface area contributed by atoms with Crippen molar-refractivity contribution < 1.29 is 27.8 Å². The van der Waals surface area contributed by atoms with Gasteiger partial charge in [0.15, 0.2) is 11.5 Å². The smallest absolute Gasteiger partial charge is 0.387 e. The van der Waals surface area contributed by atoms with Crippen LogP contribution in [0.25, 0.3) is 0 Å². The van der Waals surface area contributed by atoms with Gasteiger partial charge < -0.3 is 19.1 Å². The van der Waals surface area contributed by atoms with Crippen LogP contribution in [0.4, 0.5) is 8.78 Å². The lowest BCUT2D eigenvalue weighted by molar-refractivity contribution is -0.0516. The van der Waals surface area contributed by atoms with E-state index in [0.717, 1.165) is 0 Å². The highest BCUT2D eigenvalue weighted by Gasteiger charge is 2.22. The van der Waals surface area contributed by atoms with Gasteiger partial charge in [-0.15, -0.1) is 0 Å². The van der Waals surface area contributed by atoms with E-state index in [1.807, 2.05) is 0 Å². The fourth-order valence-corrected chi connectivity index (χ4v) is 2.40. The number of carbonyl (C=O) groups excluding carboxylic acids is 1. The zero-order chi connectivity index (χ0) is 19.1. The molecule has 0 spiro atoms. The van der Waals surface area contributed by atoms with E-state index in [4.69, 9.17) is 21.1 Å². The third-order valence-electron chi connectivity index (χ3n) is 3.47. The fourth-order valence-electron chi connectivity index (χ4n) is 2.22. The van der Waals surface area contributed by atoms with Crippen molar-refractivity contribution in [1.29, 1.82) is 0 Å². The lowest BCUT2D eigenvalue weighted by Gasteiger charge is -2.20. The second kappa shape index (κ2) is 9.24. The van der Waals surface area contributed by atoms with Crippen LogP contribution in [0.1, 0.15) is 10.4 Å². The maximum Gasteiger partial charge on any atom is 0.387 e. The highest BCUT2D eigenvalue weighted by atomic mass is 35.5. The van der Waals surface area contributed by atoms with Gasteiger partial charge in [0.25, 0.3) is 5.91 Å². The predicted molar refractivity (Wildman–Crippen MR) is 93.5 cm³/mol. The lowest BCUT2D eigenvalue weighted by atomic mass is 10.1. The predicted octanol–water partition coefficient (Wildman–Crippen LogP) is 4.10. The van der Waals surface area contributed by atoms with E-state index < -0.39 is 12.5 Å². The van der Waals surface area contributed by atoms with Crippen LogP contribution < -0.4 is 14.2 Å². The summed E-state index contributed by atoms with van der Waals surface area (Å²) in [7, 11) is 2.85. The van der Waals surface area contributed by atoms with Crippen LogP contribution in [0.15, 0.2) is 42.5 Å². The van der Waals surface area contributed by atoms with Crippen LogP contribution in [0.3, 0.4) is 0 Å². The molecule has 140 valence electrons. The summed E-state index contributed by atoms with van der Waals surface area (Å²) in [4.78, 5) is 13.9. The number of amides is 1. The zero-order valence-electron chi connectivity index (χ0n) is 14.2. The summed E-state index contributed by atoms with van der Waals surface area (Å²) >= 11 is 5.87. The Balaban J connectivity index is 2.05. The molecule has 5 nitrogen and oxygen atoms in total. The summed E-state index contributed by atoms with van der Waals surface area (Å²) in [5.41, 5.74) is -0.0186. The van der Waals surface area contributed by atoms with Crippen molar-refractivity contribution in [2.75, 3.05) is 27.3 Å². The summed E-state index contributed by atoms with van der Waals surface area (Å²) in [6.07, 6.45) is 0. The van der Waals surface area contributed by atoms with E-state index in [9.17, 15) is 13.6 Å². The number of carbonyl (C=O) groups is 1. The Morgan fingerprint density at radius 2 is 1.96 bits per heavy atom.